The highest BCUT2D eigenvalue weighted by atomic mass is 32.2. The molecule has 1 aliphatic carbocycles. The monoisotopic (exact) mass is 970 g/mol. The van der Waals surface area contributed by atoms with Crippen molar-refractivity contribution in [2.75, 3.05) is 59.3 Å². The van der Waals surface area contributed by atoms with E-state index in [1.54, 1.807) is 6.92 Å². The maximum atomic E-state index is 13.2. The Hall–Kier alpha value is -7.21. The third-order valence-electron chi connectivity index (χ3n) is 11.3. The van der Waals surface area contributed by atoms with Crippen molar-refractivity contribution in [2.24, 2.45) is 0 Å². The van der Waals surface area contributed by atoms with Gasteiger partial charge in [-0.2, -0.15) is 8.42 Å². The van der Waals surface area contributed by atoms with Crippen LogP contribution >= 0.6 is 0 Å². The fourth-order valence-corrected chi connectivity index (χ4v) is 8.56. The number of aryl methyl sites for hydroxylation is 1. The number of aromatic nitrogens is 1. The van der Waals surface area contributed by atoms with Crippen LogP contribution in [0.25, 0.3) is 44.3 Å². The zero-order valence-corrected chi connectivity index (χ0v) is 38.9. The lowest BCUT2D eigenvalue weighted by Crippen LogP contribution is -2.47. The highest BCUT2D eigenvalue weighted by molar-refractivity contribution is 7.86. The number of fused-ring (bicyclic) bond motifs is 3. The number of hydrazine groups is 1. The highest BCUT2D eigenvalue weighted by Crippen LogP contribution is 2.45. The summed E-state index contributed by atoms with van der Waals surface area (Å²) in [6.45, 7) is 3.01. The average molecular weight is 971 g/mol. The molecule has 3 aromatic carbocycles. The molecule has 0 radical (unpaired) electrons. The van der Waals surface area contributed by atoms with Crippen molar-refractivity contribution in [3.05, 3.63) is 101 Å². The van der Waals surface area contributed by atoms with Crippen LogP contribution < -0.4 is 32.5 Å². The van der Waals surface area contributed by atoms with Gasteiger partial charge in [-0.15, -0.1) is 0 Å². The number of hydrogen-bond acceptors (Lipinski definition) is 14. The van der Waals surface area contributed by atoms with Crippen molar-refractivity contribution < 1.29 is 61.0 Å². The normalized spacial score (nSPS) is 12.1. The molecule has 0 unspecified atom stereocenters. The van der Waals surface area contributed by atoms with E-state index in [0.29, 0.717) is 24.2 Å². The van der Waals surface area contributed by atoms with Crippen molar-refractivity contribution in [3.8, 4) is 22.5 Å². The number of benzene rings is 4. The third kappa shape index (κ3) is 12.5. The Bertz CT molecular complexity index is 3040. The Morgan fingerprint density at radius 3 is 2.28 bits per heavy atom. The van der Waals surface area contributed by atoms with Crippen LogP contribution in [0.1, 0.15) is 51.2 Å². The molecule has 3 amide bonds. The van der Waals surface area contributed by atoms with Gasteiger partial charge in [0.1, 0.15) is 11.8 Å². The van der Waals surface area contributed by atoms with Gasteiger partial charge in [0.2, 0.25) is 11.8 Å². The number of carbonyl (C=O) groups is 5. The van der Waals surface area contributed by atoms with Crippen LogP contribution in [0.5, 0.6) is 0 Å². The van der Waals surface area contributed by atoms with Crippen LogP contribution in [-0.4, -0.2) is 122 Å². The quantitative estimate of drug-likeness (QED) is 0.0138. The fraction of sp³-hybridized carbons (Fsp3) is 0.319. The maximum absolute atomic E-state index is 13.2. The molecule has 6 rings (SSSR count). The van der Waals surface area contributed by atoms with Gasteiger partial charge in [-0.3, -0.25) is 29.2 Å². The second kappa shape index (κ2) is 22.7. The lowest BCUT2D eigenvalue weighted by Gasteiger charge is -2.20. The number of nitrogens with two attached hydrogens (primary N) is 1. The van der Waals surface area contributed by atoms with Gasteiger partial charge in [-0.1, -0.05) is 24.3 Å². The number of carboxylic acids is 2. The summed E-state index contributed by atoms with van der Waals surface area (Å²) >= 11 is 0. The van der Waals surface area contributed by atoms with Crippen molar-refractivity contribution in [2.45, 2.75) is 50.2 Å². The summed E-state index contributed by atoms with van der Waals surface area (Å²) in [7, 11) is -1.22. The first-order chi connectivity index (χ1) is 32.9. The number of para-hydroxylation sites is 1. The molecule has 1 aromatic heterocycles. The topological polar surface area (TPSA) is 318 Å². The Kier molecular flexibility index (Phi) is 16.9. The Morgan fingerprint density at radius 1 is 0.899 bits per heavy atom. The van der Waals surface area contributed by atoms with Crippen molar-refractivity contribution in [1.82, 2.24) is 31.0 Å². The van der Waals surface area contributed by atoms with Crippen LogP contribution in [0, 0.1) is 12.3 Å². The summed E-state index contributed by atoms with van der Waals surface area (Å²) in [4.78, 5) is 62.7. The van der Waals surface area contributed by atoms with E-state index in [0.717, 1.165) is 16.6 Å². The van der Waals surface area contributed by atoms with Crippen molar-refractivity contribution >= 4 is 67.3 Å². The van der Waals surface area contributed by atoms with Crippen LogP contribution in [0.4, 0.5) is 5.69 Å². The van der Waals surface area contributed by atoms with E-state index in [4.69, 9.17) is 25.0 Å². The lowest BCUT2D eigenvalue weighted by atomic mass is 9.88. The molecule has 0 fully saturated rings. The van der Waals surface area contributed by atoms with Gasteiger partial charge >= 0.3 is 11.9 Å². The van der Waals surface area contributed by atoms with E-state index in [1.807, 2.05) is 47.9 Å². The fourth-order valence-electron chi connectivity index (χ4n) is 7.81. The van der Waals surface area contributed by atoms with Crippen molar-refractivity contribution in [1.29, 1.82) is 5.41 Å². The molecule has 21 nitrogen and oxygen atoms in total. The first-order valence-electron chi connectivity index (χ1n) is 21.8. The van der Waals surface area contributed by atoms with E-state index in [9.17, 15) is 47.2 Å². The van der Waals surface area contributed by atoms with Gasteiger partial charge in [0.15, 0.2) is 10.5 Å². The molecule has 4 aromatic rings. The van der Waals surface area contributed by atoms with E-state index in [1.165, 1.54) is 42.5 Å². The SMILES string of the molecule is CNN(C)Cc1cc2ccccc2n1CCC(=O)N[C@@H](CCC(=O)O)C(=O)NCCOCCOCCNC(=O)c1ccc(-c2c3ccc(=N)c(C)c-3oc3c(S(=O)(=O)O)c(N)ccc23)c(C(=O)O)c1. The van der Waals surface area contributed by atoms with E-state index >= 15 is 0 Å². The molecule has 69 heavy (non-hydrogen) atoms. The standard InChI is InChI=1S/C47H54N8O13S/c1-27-35(48)12-10-32-41(33-11-13-36(49)44(69(63,64)65)43(33)68-42(27)32)31-9-8-29(25-34(31)47(61)62)45(59)51-17-20-66-22-23-67-21-18-52-46(60)37(14-15-40(57)58)53-39(56)16-19-55-30(26-54(3)50-2)24-28-6-4-5-7-38(28)55/h4-13,24-25,37,48,50H,14-23,26,49H2,1-3H3,(H,51,59)(H,52,60)(H,53,56)(H,57,58)(H,61,62)(H,63,64,65)/t37-/m0/s1. The second-order valence-electron chi connectivity index (χ2n) is 16.0. The van der Waals surface area contributed by atoms with Gasteiger partial charge in [-0.05, 0) is 79.9 Å². The molecular weight excluding hydrogens is 917 g/mol. The van der Waals surface area contributed by atoms with Crippen LogP contribution in [0.15, 0.2) is 82.1 Å². The number of rotatable bonds is 24. The number of nitrogens with one attached hydrogen (secondary N) is 5. The number of aromatic carboxylic acids is 1. The molecule has 2 heterocycles. The molecule has 2 aliphatic rings. The molecule has 0 spiro atoms. The van der Waals surface area contributed by atoms with E-state index < -0.39 is 50.7 Å². The van der Waals surface area contributed by atoms with Crippen LogP contribution in [-0.2, 0) is 47.1 Å². The number of nitrogen functional groups attached to an aromatic ring is 1. The number of amides is 3. The predicted octanol–water partition coefficient (Wildman–Crippen LogP) is 3.36. The maximum Gasteiger partial charge on any atom is 0.336 e. The Balaban J connectivity index is 0.977. The zero-order valence-electron chi connectivity index (χ0n) is 38.1. The zero-order chi connectivity index (χ0) is 50.0. The molecule has 10 N–H and O–H groups in total. The van der Waals surface area contributed by atoms with Crippen LogP contribution in [0.3, 0.4) is 0 Å². The minimum absolute atomic E-state index is 0.00115. The lowest BCUT2D eigenvalue weighted by molar-refractivity contribution is -0.138. The van der Waals surface area contributed by atoms with Gasteiger partial charge in [0.25, 0.3) is 16.0 Å². The van der Waals surface area contributed by atoms with E-state index in [-0.39, 0.29) is 109 Å². The molecular formula is C47H54N8O13S. The van der Waals surface area contributed by atoms with Gasteiger partial charge < -0.3 is 55.8 Å². The number of ether oxygens (including phenoxy) is 2. The van der Waals surface area contributed by atoms with Gasteiger partial charge in [0, 0.05) is 78.4 Å². The molecule has 0 bridgehead atoms. The van der Waals surface area contributed by atoms with Crippen LogP contribution in [0.2, 0.25) is 0 Å². The predicted molar refractivity (Wildman–Crippen MR) is 253 cm³/mol. The number of anilines is 1. The Morgan fingerprint density at radius 2 is 1.59 bits per heavy atom. The van der Waals surface area contributed by atoms with Gasteiger partial charge in [-0.25, -0.2) is 9.80 Å². The molecule has 1 atom stereocenters. The Labute approximate surface area is 396 Å². The summed E-state index contributed by atoms with van der Waals surface area (Å²) in [6, 6.07) is 18.4. The first-order valence-corrected chi connectivity index (χ1v) is 23.2. The molecule has 0 saturated heterocycles. The third-order valence-corrected chi connectivity index (χ3v) is 12.3. The minimum Gasteiger partial charge on any atom is -0.481 e. The largest absolute Gasteiger partial charge is 0.481 e. The van der Waals surface area contributed by atoms with E-state index in [2.05, 4.69) is 27.4 Å². The number of carbonyl (C=O) groups excluding carboxylic acids is 3. The molecule has 0 saturated carbocycles. The summed E-state index contributed by atoms with van der Waals surface area (Å²) < 4.78 is 54.1. The number of carboxylic acid groups (broad SMARTS) is 2. The summed E-state index contributed by atoms with van der Waals surface area (Å²) in [6.07, 6.45) is -0.388. The summed E-state index contributed by atoms with van der Waals surface area (Å²) in [5, 5.41) is 39.0. The summed E-state index contributed by atoms with van der Waals surface area (Å²) in [5.74, 6) is -4.01. The number of aliphatic carboxylic acids is 1. The molecule has 22 heteroatoms. The molecule has 1 aliphatic heterocycles. The average Bonchev–Trinajstić information content (AvgIpc) is 3.66. The van der Waals surface area contributed by atoms with Crippen molar-refractivity contribution in [3.63, 3.8) is 0 Å². The highest BCUT2D eigenvalue weighted by Gasteiger charge is 2.29. The number of nitrogens with zero attached hydrogens (tertiary/aromatic N) is 2. The van der Waals surface area contributed by atoms with Gasteiger partial charge in [0.05, 0.1) is 49.6 Å². The first kappa shape index (κ1) is 51.2. The molecule has 366 valence electrons. The minimum atomic E-state index is -4.93. The second-order valence-corrected chi connectivity index (χ2v) is 17.4. The summed E-state index contributed by atoms with van der Waals surface area (Å²) in [5.41, 5.74) is 11.0. The number of hydrogen-bond donors (Lipinski definition) is 9. The smallest absolute Gasteiger partial charge is 0.336 e.